The Balaban J connectivity index is 1.52. The van der Waals surface area contributed by atoms with E-state index < -0.39 is 0 Å². The van der Waals surface area contributed by atoms with Gasteiger partial charge in [0.15, 0.2) is 0 Å². The molecule has 0 radical (unpaired) electrons. The summed E-state index contributed by atoms with van der Waals surface area (Å²) in [6, 6.07) is 22.4. The van der Waals surface area contributed by atoms with Gasteiger partial charge in [-0.2, -0.15) is 0 Å². The first-order valence-corrected chi connectivity index (χ1v) is 13.1. The molecule has 0 spiro atoms. The zero-order valence-electron chi connectivity index (χ0n) is 22.9. The molecular formula is C31H36N4O4. The highest BCUT2D eigenvalue weighted by atomic mass is 16.5. The van der Waals surface area contributed by atoms with Crippen molar-refractivity contribution in [3.05, 3.63) is 90.1 Å². The van der Waals surface area contributed by atoms with Crippen molar-refractivity contribution in [3.63, 3.8) is 0 Å². The summed E-state index contributed by atoms with van der Waals surface area (Å²) in [5.74, 6) is 1.28. The fraction of sp³-hybridized carbons (Fsp3) is 0.290. The number of hydrogen-bond acceptors (Lipinski definition) is 4. The molecule has 4 rings (SSSR count). The van der Waals surface area contributed by atoms with Crippen molar-refractivity contribution in [2.75, 3.05) is 32.6 Å². The van der Waals surface area contributed by atoms with Crippen LogP contribution in [0.4, 0.5) is 10.5 Å². The van der Waals surface area contributed by atoms with E-state index in [1.807, 2.05) is 62.5 Å². The van der Waals surface area contributed by atoms with E-state index in [0.717, 1.165) is 27.8 Å². The van der Waals surface area contributed by atoms with E-state index in [0.29, 0.717) is 30.9 Å². The minimum atomic E-state index is -0.336. The lowest BCUT2D eigenvalue weighted by Crippen LogP contribution is -2.47. The van der Waals surface area contributed by atoms with Crippen LogP contribution in [0, 0.1) is 0 Å². The number of nitrogens with one attached hydrogen (secondary N) is 2. The summed E-state index contributed by atoms with van der Waals surface area (Å²) in [7, 11) is 3.22. The minimum absolute atomic E-state index is 0.0529. The van der Waals surface area contributed by atoms with Gasteiger partial charge >= 0.3 is 6.03 Å². The number of anilines is 1. The van der Waals surface area contributed by atoms with Crippen molar-refractivity contribution >= 4 is 28.5 Å². The molecule has 0 aliphatic rings. The Morgan fingerprint density at radius 2 is 1.62 bits per heavy atom. The van der Waals surface area contributed by atoms with Gasteiger partial charge in [0.25, 0.3) is 0 Å². The molecule has 2 N–H and O–H groups in total. The number of fused-ring (bicyclic) bond motifs is 1. The number of hydrogen-bond donors (Lipinski definition) is 2. The molecule has 0 aliphatic carbocycles. The lowest BCUT2D eigenvalue weighted by Gasteiger charge is -2.30. The predicted octanol–water partition coefficient (Wildman–Crippen LogP) is 5.70. The molecule has 0 bridgehead atoms. The first-order valence-electron chi connectivity index (χ1n) is 13.1. The first kappa shape index (κ1) is 27.6. The largest absolute Gasteiger partial charge is 0.497 e. The molecule has 0 aliphatic heterocycles. The zero-order valence-corrected chi connectivity index (χ0v) is 22.9. The Morgan fingerprint density at radius 3 is 2.33 bits per heavy atom. The van der Waals surface area contributed by atoms with Gasteiger partial charge < -0.3 is 29.6 Å². The number of carbonyl (C=O) groups excluding carboxylic acids is 2. The van der Waals surface area contributed by atoms with Gasteiger partial charge in [-0.25, -0.2) is 4.79 Å². The summed E-state index contributed by atoms with van der Waals surface area (Å²) >= 11 is 0. The van der Waals surface area contributed by atoms with Crippen LogP contribution in [0.1, 0.15) is 25.0 Å². The van der Waals surface area contributed by atoms with Crippen LogP contribution in [0.15, 0.2) is 79.0 Å². The van der Waals surface area contributed by atoms with E-state index in [1.54, 1.807) is 48.3 Å². The molecule has 0 atom stereocenters. The van der Waals surface area contributed by atoms with E-state index >= 15 is 0 Å². The monoisotopic (exact) mass is 528 g/mol. The van der Waals surface area contributed by atoms with Crippen LogP contribution >= 0.6 is 0 Å². The number of para-hydroxylation sites is 2. The number of amides is 3. The highest BCUT2D eigenvalue weighted by Gasteiger charge is 2.25. The van der Waals surface area contributed by atoms with Gasteiger partial charge in [0.2, 0.25) is 5.91 Å². The van der Waals surface area contributed by atoms with Crippen LogP contribution in [-0.4, -0.2) is 60.1 Å². The van der Waals surface area contributed by atoms with E-state index in [2.05, 4.69) is 16.4 Å². The van der Waals surface area contributed by atoms with Crippen molar-refractivity contribution in [1.29, 1.82) is 0 Å². The Kier molecular flexibility index (Phi) is 9.10. The molecule has 0 unspecified atom stereocenters. The maximum Gasteiger partial charge on any atom is 0.322 e. The summed E-state index contributed by atoms with van der Waals surface area (Å²) in [6.45, 7) is 4.61. The van der Waals surface area contributed by atoms with E-state index in [9.17, 15) is 9.59 Å². The van der Waals surface area contributed by atoms with Gasteiger partial charge in [-0.05, 0) is 62.2 Å². The summed E-state index contributed by atoms with van der Waals surface area (Å²) in [5.41, 5.74) is 3.74. The second-order valence-corrected chi connectivity index (χ2v) is 9.62. The molecule has 8 heteroatoms. The third-order valence-electron chi connectivity index (χ3n) is 6.76. The number of H-pyrrole nitrogens is 1. The van der Waals surface area contributed by atoms with Crippen LogP contribution < -0.4 is 14.8 Å². The third kappa shape index (κ3) is 6.90. The minimum Gasteiger partial charge on any atom is -0.497 e. The second kappa shape index (κ2) is 12.9. The molecule has 0 saturated carbocycles. The number of carbonyl (C=O) groups is 2. The van der Waals surface area contributed by atoms with Gasteiger partial charge in [0, 0.05) is 47.5 Å². The van der Waals surface area contributed by atoms with Gasteiger partial charge in [-0.3, -0.25) is 4.79 Å². The van der Waals surface area contributed by atoms with Crippen LogP contribution in [0.2, 0.25) is 0 Å². The molecule has 1 heterocycles. The number of benzene rings is 3. The number of ether oxygens (including phenoxy) is 2. The Hall–Kier alpha value is -4.46. The average Bonchev–Trinajstić information content (AvgIpc) is 3.37. The molecule has 0 saturated heterocycles. The molecule has 8 nitrogen and oxygen atoms in total. The van der Waals surface area contributed by atoms with E-state index in [-0.39, 0.29) is 24.5 Å². The zero-order chi connectivity index (χ0) is 27.8. The fourth-order valence-electron chi connectivity index (χ4n) is 4.53. The fourth-order valence-corrected chi connectivity index (χ4v) is 4.53. The highest BCUT2D eigenvalue weighted by Crippen LogP contribution is 2.22. The van der Waals surface area contributed by atoms with Crippen molar-refractivity contribution in [3.8, 4) is 11.5 Å². The van der Waals surface area contributed by atoms with Crippen LogP contribution in [-0.2, 0) is 17.8 Å². The van der Waals surface area contributed by atoms with E-state index in [1.165, 1.54) is 0 Å². The molecule has 4 aromatic rings. The predicted molar refractivity (Wildman–Crippen MR) is 154 cm³/mol. The molecule has 3 aromatic carbocycles. The van der Waals surface area contributed by atoms with Crippen LogP contribution in [0.3, 0.4) is 0 Å². The molecule has 39 heavy (non-hydrogen) atoms. The van der Waals surface area contributed by atoms with Gasteiger partial charge in [-0.15, -0.1) is 0 Å². The number of nitrogens with zero attached hydrogens (tertiary/aromatic N) is 2. The summed E-state index contributed by atoms with van der Waals surface area (Å²) < 4.78 is 10.7. The topological polar surface area (TPSA) is 86.9 Å². The number of urea groups is 1. The average molecular weight is 529 g/mol. The standard InChI is InChI=1S/C31H36N4O4/c1-22(2)35(31(37)33-25-13-15-26(38-3)16-14-25)21-30(36)34(20-24-9-5-8-12-29(24)39-4)18-17-23-19-32-28-11-7-6-10-27(23)28/h5-16,19,22,32H,17-18,20-21H2,1-4H3,(H,33,37). The summed E-state index contributed by atoms with van der Waals surface area (Å²) in [6.07, 6.45) is 2.67. The number of aromatic nitrogens is 1. The number of aromatic amines is 1. The van der Waals surface area contributed by atoms with Crippen LogP contribution in [0.25, 0.3) is 10.9 Å². The van der Waals surface area contributed by atoms with Crippen molar-refractivity contribution in [1.82, 2.24) is 14.8 Å². The Morgan fingerprint density at radius 1 is 0.897 bits per heavy atom. The smallest absolute Gasteiger partial charge is 0.322 e. The Labute approximate surface area is 229 Å². The van der Waals surface area contributed by atoms with Crippen molar-refractivity contribution in [2.45, 2.75) is 32.9 Å². The lowest BCUT2D eigenvalue weighted by molar-refractivity contribution is -0.132. The normalized spacial score (nSPS) is 10.9. The van der Waals surface area contributed by atoms with Crippen LogP contribution in [0.5, 0.6) is 11.5 Å². The molecule has 1 aromatic heterocycles. The summed E-state index contributed by atoms with van der Waals surface area (Å²) in [5, 5.41) is 4.04. The van der Waals surface area contributed by atoms with Gasteiger partial charge in [0.05, 0.1) is 14.2 Å². The van der Waals surface area contributed by atoms with E-state index in [4.69, 9.17) is 9.47 Å². The highest BCUT2D eigenvalue weighted by molar-refractivity contribution is 5.92. The van der Waals surface area contributed by atoms with Crippen molar-refractivity contribution in [2.24, 2.45) is 0 Å². The quantitative estimate of drug-likeness (QED) is 0.262. The molecule has 204 valence electrons. The third-order valence-corrected chi connectivity index (χ3v) is 6.76. The maximum absolute atomic E-state index is 13.8. The number of methoxy groups -OCH3 is 2. The molecule has 0 fully saturated rings. The van der Waals surface area contributed by atoms with Gasteiger partial charge in [-0.1, -0.05) is 36.4 Å². The Bertz CT molecular complexity index is 1400. The SMILES string of the molecule is COc1ccc(NC(=O)N(CC(=O)N(CCc2c[nH]c3ccccc23)Cc2ccccc2OC)C(C)C)cc1. The lowest BCUT2D eigenvalue weighted by atomic mass is 10.1. The van der Waals surface area contributed by atoms with Crippen molar-refractivity contribution < 1.29 is 19.1 Å². The maximum atomic E-state index is 13.8. The summed E-state index contributed by atoms with van der Waals surface area (Å²) in [4.78, 5) is 33.6. The first-order chi connectivity index (χ1) is 18.9. The second-order valence-electron chi connectivity index (χ2n) is 9.62. The number of rotatable bonds is 11. The molecule has 3 amide bonds. The molecular weight excluding hydrogens is 492 g/mol. The van der Waals surface area contributed by atoms with Gasteiger partial charge in [0.1, 0.15) is 18.0 Å².